The van der Waals surface area contributed by atoms with Crippen molar-refractivity contribution >= 4 is 27.9 Å². The number of carbonyl (C=O) groups excluding carboxylic acids is 2. The van der Waals surface area contributed by atoms with Crippen molar-refractivity contribution in [2.45, 2.75) is 51.2 Å². The lowest BCUT2D eigenvalue weighted by molar-refractivity contribution is -0.151. The summed E-state index contributed by atoms with van der Waals surface area (Å²) in [7, 11) is 0. The van der Waals surface area contributed by atoms with E-state index >= 15 is 0 Å². The highest BCUT2D eigenvalue weighted by Crippen LogP contribution is 2.16. The quantitative estimate of drug-likeness (QED) is 0.411. The molecule has 0 spiro atoms. The zero-order valence-electron chi connectivity index (χ0n) is 11.3. The first-order valence-electron chi connectivity index (χ1n) is 5.95. The summed E-state index contributed by atoms with van der Waals surface area (Å²) in [5, 5.41) is 0. The minimum atomic E-state index is -0.471. The summed E-state index contributed by atoms with van der Waals surface area (Å²) < 4.78 is 10.3. The largest absolute Gasteiger partial charge is 0.462 e. The number of ether oxygens (including phenoxy) is 2. The highest BCUT2D eigenvalue weighted by Gasteiger charge is 2.23. The second-order valence-electron chi connectivity index (χ2n) is 4.58. The second-order valence-corrected chi connectivity index (χ2v) is 5.57. The Bertz CT molecular complexity index is 301. The van der Waals surface area contributed by atoms with Crippen molar-refractivity contribution in [2.75, 3.05) is 0 Å². The van der Waals surface area contributed by atoms with Crippen LogP contribution in [0.25, 0.3) is 0 Å². The molecule has 0 aliphatic carbocycles. The standard InChI is InChI=1S/C13H21BrO4/c1-6-11(15)17-9(4)7-10(5)18-13(16)12(14)8(2)3/h6,8-10,12H,1,7H2,2-5H3/t9-,10-,12?/m1/s1. The molecule has 1 unspecified atom stereocenters. The van der Waals surface area contributed by atoms with Gasteiger partial charge in [-0.05, 0) is 19.8 Å². The lowest BCUT2D eigenvalue weighted by atomic mass is 10.1. The Morgan fingerprint density at radius 2 is 1.67 bits per heavy atom. The van der Waals surface area contributed by atoms with Gasteiger partial charge in [-0.3, -0.25) is 4.79 Å². The number of alkyl halides is 1. The normalized spacial score (nSPS) is 15.7. The van der Waals surface area contributed by atoms with Crippen LogP contribution in [0.1, 0.15) is 34.1 Å². The Balaban J connectivity index is 4.10. The van der Waals surface area contributed by atoms with E-state index in [4.69, 9.17) is 9.47 Å². The molecule has 0 saturated heterocycles. The minimum absolute atomic E-state index is 0.167. The van der Waals surface area contributed by atoms with Gasteiger partial charge >= 0.3 is 11.9 Å². The highest BCUT2D eigenvalue weighted by molar-refractivity contribution is 9.10. The molecule has 0 radical (unpaired) electrons. The molecule has 4 nitrogen and oxygen atoms in total. The Labute approximate surface area is 117 Å². The van der Waals surface area contributed by atoms with E-state index in [1.54, 1.807) is 13.8 Å². The predicted octanol–water partition coefficient (Wildman–Crippen LogP) is 2.85. The topological polar surface area (TPSA) is 52.6 Å². The number of hydrogen-bond donors (Lipinski definition) is 0. The third-order valence-corrected chi connectivity index (χ3v) is 3.71. The van der Waals surface area contributed by atoms with Gasteiger partial charge in [0.1, 0.15) is 17.0 Å². The lowest BCUT2D eigenvalue weighted by Crippen LogP contribution is -2.29. The zero-order chi connectivity index (χ0) is 14.3. The first-order chi connectivity index (χ1) is 8.27. The van der Waals surface area contributed by atoms with Gasteiger partial charge in [0, 0.05) is 12.5 Å². The average Bonchev–Trinajstić information content (AvgIpc) is 2.26. The van der Waals surface area contributed by atoms with Crippen LogP contribution in [0.4, 0.5) is 0 Å². The SMILES string of the molecule is C=CC(=O)O[C@H](C)C[C@@H](C)OC(=O)C(Br)C(C)C. The molecular weight excluding hydrogens is 300 g/mol. The first kappa shape index (κ1) is 17.2. The molecule has 3 atom stereocenters. The van der Waals surface area contributed by atoms with Crippen LogP contribution in [0.3, 0.4) is 0 Å². The average molecular weight is 321 g/mol. The summed E-state index contributed by atoms with van der Waals surface area (Å²) >= 11 is 3.28. The Morgan fingerprint density at radius 3 is 2.11 bits per heavy atom. The van der Waals surface area contributed by atoms with Gasteiger partial charge in [0.2, 0.25) is 0 Å². The van der Waals surface area contributed by atoms with E-state index < -0.39 is 5.97 Å². The fourth-order valence-electron chi connectivity index (χ4n) is 1.35. The van der Waals surface area contributed by atoms with Crippen molar-refractivity contribution in [1.29, 1.82) is 0 Å². The third kappa shape index (κ3) is 6.79. The number of hydrogen-bond acceptors (Lipinski definition) is 4. The summed E-state index contributed by atoms with van der Waals surface area (Å²) in [6.07, 6.45) is 0.957. The summed E-state index contributed by atoms with van der Waals surface area (Å²) in [5.41, 5.74) is 0. The molecule has 0 aromatic rings. The lowest BCUT2D eigenvalue weighted by Gasteiger charge is -2.20. The Hall–Kier alpha value is -0.840. The molecule has 5 heteroatoms. The summed E-state index contributed by atoms with van der Waals surface area (Å²) in [6, 6.07) is 0. The predicted molar refractivity (Wildman–Crippen MR) is 73.5 cm³/mol. The first-order valence-corrected chi connectivity index (χ1v) is 6.87. The van der Waals surface area contributed by atoms with Crippen molar-refractivity contribution in [3.8, 4) is 0 Å². The molecule has 0 N–H and O–H groups in total. The molecule has 0 aliphatic rings. The third-order valence-electron chi connectivity index (χ3n) is 2.28. The van der Waals surface area contributed by atoms with Gasteiger partial charge in [0.25, 0.3) is 0 Å². The van der Waals surface area contributed by atoms with Crippen LogP contribution in [-0.4, -0.2) is 29.0 Å². The molecule has 0 bridgehead atoms. The maximum atomic E-state index is 11.7. The van der Waals surface area contributed by atoms with Crippen molar-refractivity contribution in [3.63, 3.8) is 0 Å². The van der Waals surface area contributed by atoms with Crippen molar-refractivity contribution in [3.05, 3.63) is 12.7 Å². The molecule has 0 amide bonds. The van der Waals surface area contributed by atoms with E-state index in [-0.39, 0.29) is 28.9 Å². The van der Waals surface area contributed by atoms with Crippen LogP contribution in [0, 0.1) is 5.92 Å². The number of rotatable bonds is 7. The fourth-order valence-corrected chi connectivity index (χ4v) is 1.45. The number of esters is 2. The zero-order valence-corrected chi connectivity index (χ0v) is 12.9. The van der Waals surface area contributed by atoms with Gasteiger partial charge in [0.05, 0.1) is 0 Å². The van der Waals surface area contributed by atoms with Gasteiger partial charge < -0.3 is 9.47 Å². The number of halogens is 1. The molecule has 0 saturated carbocycles. The van der Waals surface area contributed by atoms with E-state index in [1.807, 2.05) is 13.8 Å². The molecular formula is C13H21BrO4. The van der Waals surface area contributed by atoms with Crippen LogP contribution < -0.4 is 0 Å². The van der Waals surface area contributed by atoms with E-state index in [0.29, 0.717) is 6.42 Å². The van der Waals surface area contributed by atoms with Crippen molar-refractivity contribution in [1.82, 2.24) is 0 Å². The van der Waals surface area contributed by atoms with E-state index in [2.05, 4.69) is 22.5 Å². The van der Waals surface area contributed by atoms with Gasteiger partial charge in [-0.2, -0.15) is 0 Å². The van der Waals surface area contributed by atoms with Gasteiger partial charge in [-0.25, -0.2) is 4.79 Å². The van der Waals surface area contributed by atoms with Gasteiger partial charge in [-0.1, -0.05) is 36.4 Å². The Morgan fingerprint density at radius 1 is 1.17 bits per heavy atom. The molecule has 0 aromatic carbocycles. The van der Waals surface area contributed by atoms with E-state index in [1.165, 1.54) is 0 Å². The second kappa shape index (κ2) is 8.29. The van der Waals surface area contributed by atoms with Crippen LogP contribution in [0.5, 0.6) is 0 Å². The summed E-state index contributed by atoms with van der Waals surface area (Å²) in [6.45, 7) is 10.7. The molecule has 0 rings (SSSR count). The number of carbonyl (C=O) groups is 2. The molecule has 0 fully saturated rings. The molecule has 0 aliphatic heterocycles. The van der Waals surface area contributed by atoms with E-state index in [0.717, 1.165) is 6.08 Å². The van der Waals surface area contributed by atoms with Gasteiger partial charge in [-0.15, -0.1) is 0 Å². The van der Waals surface area contributed by atoms with Crippen LogP contribution in [0.2, 0.25) is 0 Å². The maximum absolute atomic E-state index is 11.7. The van der Waals surface area contributed by atoms with Crippen LogP contribution in [-0.2, 0) is 19.1 Å². The molecule has 18 heavy (non-hydrogen) atoms. The van der Waals surface area contributed by atoms with Crippen LogP contribution >= 0.6 is 15.9 Å². The van der Waals surface area contributed by atoms with Crippen LogP contribution in [0.15, 0.2) is 12.7 Å². The maximum Gasteiger partial charge on any atom is 0.330 e. The van der Waals surface area contributed by atoms with Crippen molar-refractivity contribution < 1.29 is 19.1 Å². The van der Waals surface area contributed by atoms with Crippen molar-refractivity contribution in [2.24, 2.45) is 5.92 Å². The molecule has 104 valence electrons. The molecule has 0 aromatic heterocycles. The molecule has 0 heterocycles. The van der Waals surface area contributed by atoms with Gasteiger partial charge in [0.15, 0.2) is 0 Å². The smallest absolute Gasteiger partial charge is 0.330 e. The minimum Gasteiger partial charge on any atom is -0.462 e. The highest BCUT2D eigenvalue weighted by atomic mass is 79.9. The fraction of sp³-hybridized carbons (Fsp3) is 0.692. The Kier molecular flexibility index (Phi) is 7.91. The van der Waals surface area contributed by atoms with E-state index in [9.17, 15) is 9.59 Å². The summed E-state index contributed by atoms with van der Waals surface area (Å²) in [5.74, 6) is -0.595. The monoisotopic (exact) mass is 320 g/mol. The summed E-state index contributed by atoms with van der Waals surface area (Å²) in [4.78, 5) is 22.3.